The van der Waals surface area contributed by atoms with E-state index in [1.54, 1.807) is 4.90 Å². The Morgan fingerprint density at radius 3 is 1.90 bits per heavy atom. The van der Waals surface area contributed by atoms with E-state index >= 15 is 0 Å². The highest BCUT2D eigenvalue weighted by Gasteiger charge is 2.65. The quantitative estimate of drug-likeness (QED) is 0.446. The number of ether oxygens (including phenoxy) is 2. The number of nitrogens with zero attached hydrogens (tertiary/aromatic N) is 3. The molecule has 0 aromatic heterocycles. The van der Waals surface area contributed by atoms with Gasteiger partial charge in [-0.2, -0.15) is 5.06 Å². The molecule has 3 aliphatic rings. The molecule has 0 bridgehead atoms. The number of rotatable bonds is 8. The average Bonchev–Trinajstić information content (AvgIpc) is 2.91. The summed E-state index contributed by atoms with van der Waals surface area (Å²) in [5.74, 6) is -0.241. The second-order valence-corrected chi connectivity index (χ2v) is 14.9. The van der Waals surface area contributed by atoms with E-state index in [0.717, 1.165) is 0 Å². The van der Waals surface area contributed by atoms with Crippen molar-refractivity contribution in [2.75, 3.05) is 19.7 Å². The normalized spacial score (nSPS) is 28.5. The van der Waals surface area contributed by atoms with E-state index in [0.29, 0.717) is 45.3 Å². The van der Waals surface area contributed by atoms with Gasteiger partial charge in [0.25, 0.3) is 5.91 Å². The Balaban J connectivity index is 1.78. The van der Waals surface area contributed by atoms with E-state index in [9.17, 15) is 14.7 Å². The molecular formula is C30H55N3O6. The Kier molecular flexibility index (Phi) is 8.71. The van der Waals surface area contributed by atoms with Gasteiger partial charge in [0.2, 0.25) is 0 Å². The minimum absolute atomic E-state index is 0.0624. The molecule has 0 aromatic rings. The lowest BCUT2D eigenvalue weighted by Crippen LogP contribution is -2.67. The third kappa shape index (κ3) is 6.32. The maximum absolute atomic E-state index is 14.2. The molecule has 226 valence electrons. The van der Waals surface area contributed by atoms with Gasteiger partial charge in [0.1, 0.15) is 11.8 Å². The van der Waals surface area contributed by atoms with E-state index in [1.165, 1.54) is 0 Å². The van der Waals surface area contributed by atoms with Crippen molar-refractivity contribution in [1.82, 2.24) is 14.9 Å². The van der Waals surface area contributed by atoms with Crippen molar-refractivity contribution in [3.8, 4) is 0 Å². The smallest absolute Gasteiger partial charge is 0.305 e. The molecule has 1 amide bonds. The van der Waals surface area contributed by atoms with E-state index < -0.39 is 28.5 Å². The van der Waals surface area contributed by atoms with Gasteiger partial charge >= 0.3 is 5.97 Å². The molecule has 0 aliphatic carbocycles. The molecule has 3 fully saturated rings. The van der Waals surface area contributed by atoms with Crippen LogP contribution in [0.4, 0.5) is 0 Å². The van der Waals surface area contributed by atoms with E-state index in [4.69, 9.17) is 14.3 Å². The average molecular weight is 554 g/mol. The highest BCUT2D eigenvalue weighted by Crippen LogP contribution is 2.51. The van der Waals surface area contributed by atoms with Crippen LogP contribution in [0, 0.1) is 0 Å². The van der Waals surface area contributed by atoms with Gasteiger partial charge < -0.3 is 19.5 Å². The zero-order valence-electron chi connectivity index (χ0n) is 26.6. The molecule has 9 heteroatoms. The predicted octanol–water partition coefficient (Wildman–Crippen LogP) is 4.26. The zero-order valence-corrected chi connectivity index (χ0v) is 26.6. The lowest BCUT2D eigenvalue weighted by Gasteiger charge is -2.56. The van der Waals surface area contributed by atoms with Crippen LogP contribution in [0.1, 0.15) is 115 Å². The number of piperidine rings is 2. The van der Waals surface area contributed by atoms with Crippen molar-refractivity contribution in [2.24, 2.45) is 0 Å². The minimum atomic E-state index is -0.982. The Labute approximate surface area is 236 Å². The topological polar surface area (TPSA) is 91.8 Å². The van der Waals surface area contributed by atoms with Crippen molar-refractivity contribution in [1.29, 1.82) is 0 Å². The van der Waals surface area contributed by atoms with E-state index in [2.05, 4.69) is 60.3 Å². The Morgan fingerprint density at radius 1 is 0.923 bits per heavy atom. The fourth-order valence-corrected chi connectivity index (χ4v) is 8.05. The summed E-state index contributed by atoms with van der Waals surface area (Å²) in [6, 6.07) is 0. The molecule has 3 saturated heterocycles. The summed E-state index contributed by atoms with van der Waals surface area (Å²) in [6.45, 7) is 25.7. The molecule has 9 nitrogen and oxygen atoms in total. The molecule has 3 heterocycles. The van der Waals surface area contributed by atoms with E-state index in [-0.39, 0.29) is 35.6 Å². The van der Waals surface area contributed by atoms with Gasteiger partial charge in [-0.25, -0.2) is 0 Å². The van der Waals surface area contributed by atoms with Crippen LogP contribution < -0.4 is 0 Å². The lowest BCUT2D eigenvalue weighted by molar-refractivity contribution is -0.306. The van der Waals surface area contributed by atoms with Crippen molar-refractivity contribution in [2.45, 2.75) is 161 Å². The molecular weight excluding hydrogens is 498 g/mol. The largest absolute Gasteiger partial charge is 0.462 e. The summed E-state index contributed by atoms with van der Waals surface area (Å²) < 4.78 is 12.4. The van der Waals surface area contributed by atoms with Crippen LogP contribution in [0.15, 0.2) is 0 Å². The SMILES string of the molecule is CCON1C(C)(C)CC2(CC1(C)C)OC(C)(C)N(CC(O)CN1C(C)(C)CC(OC(=O)CC)CC1(C)C)C2=O. The van der Waals surface area contributed by atoms with Crippen LogP contribution in [-0.2, 0) is 23.9 Å². The maximum atomic E-state index is 14.2. The van der Waals surface area contributed by atoms with E-state index in [1.807, 2.05) is 32.8 Å². The molecule has 0 aromatic carbocycles. The molecule has 0 saturated carbocycles. The van der Waals surface area contributed by atoms with Crippen molar-refractivity contribution >= 4 is 11.9 Å². The minimum Gasteiger partial charge on any atom is -0.462 e. The molecule has 1 spiro atoms. The Hall–Kier alpha value is -1.26. The van der Waals surface area contributed by atoms with Crippen LogP contribution in [0.3, 0.4) is 0 Å². The summed E-state index contributed by atoms with van der Waals surface area (Å²) >= 11 is 0. The van der Waals surface area contributed by atoms with Gasteiger partial charge in [-0.05, 0) is 76.2 Å². The molecule has 1 unspecified atom stereocenters. The highest BCUT2D eigenvalue weighted by atomic mass is 16.7. The molecule has 0 radical (unpaired) electrons. The molecule has 1 N–H and O–H groups in total. The summed E-state index contributed by atoms with van der Waals surface area (Å²) in [6.07, 6.45) is 1.82. The van der Waals surface area contributed by atoms with Gasteiger partial charge in [-0.1, -0.05) is 6.92 Å². The summed E-state index contributed by atoms with van der Waals surface area (Å²) in [5, 5.41) is 13.5. The van der Waals surface area contributed by atoms with Crippen LogP contribution in [0.25, 0.3) is 0 Å². The van der Waals surface area contributed by atoms with Gasteiger partial charge in [0.15, 0.2) is 5.60 Å². The number of hydroxylamine groups is 2. The molecule has 39 heavy (non-hydrogen) atoms. The second-order valence-electron chi connectivity index (χ2n) is 14.9. The summed E-state index contributed by atoms with van der Waals surface area (Å²) in [7, 11) is 0. The number of β-amino-alcohol motifs (C(OH)–C–C–N with tert-alkyl or cyclic N) is 1. The van der Waals surface area contributed by atoms with Gasteiger partial charge in [-0.3, -0.25) is 19.3 Å². The monoisotopic (exact) mass is 553 g/mol. The molecule has 3 aliphatic heterocycles. The Bertz CT molecular complexity index is 892. The van der Waals surface area contributed by atoms with Crippen molar-refractivity contribution < 1.29 is 29.0 Å². The molecule has 3 rings (SSSR count). The number of hydrogen-bond donors (Lipinski definition) is 1. The van der Waals surface area contributed by atoms with Crippen LogP contribution in [0.2, 0.25) is 0 Å². The predicted molar refractivity (Wildman–Crippen MR) is 151 cm³/mol. The van der Waals surface area contributed by atoms with Crippen LogP contribution in [-0.4, -0.2) is 97.2 Å². The number of carbonyl (C=O) groups excluding carboxylic acids is 2. The summed E-state index contributed by atoms with van der Waals surface area (Å²) in [4.78, 5) is 36.2. The first-order chi connectivity index (χ1) is 17.6. The molecule has 1 atom stereocenters. The number of amides is 1. The van der Waals surface area contributed by atoms with Crippen LogP contribution in [0.5, 0.6) is 0 Å². The first-order valence-corrected chi connectivity index (χ1v) is 14.7. The third-order valence-corrected chi connectivity index (χ3v) is 8.81. The number of esters is 1. The number of hydrogen-bond acceptors (Lipinski definition) is 8. The second kappa shape index (κ2) is 10.5. The standard InChI is InChI=1S/C30H55N3O6/c1-13-23(35)38-22-15-25(3,4)32(26(5,6)16-22)18-21(34)17-31-24(36)30(39-29(31,11)12)19-27(7,8)33(37-14-2)28(9,10)20-30/h21-22,34H,13-20H2,1-12H3. The number of aliphatic hydroxyl groups is 1. The van der Waals surface area contributed by atoms with Crippen molar-refractivity contribution in [3.63, 3.8) is 0 Å². The lowest BCUT2D eigenvalue weighted by atomic mass is 9.72. The number of aliphatic hydroxyl groups excluding tert-OH is 1. The fraction of sp³-hybridized carbons (Fsp3) is 0.933. The van der Waals surface area contributed by atoms with Crippen LogP contribution >= 0.6 is 0 Å². The van der Waals surface area contributed by atoms with Crippen molar-refractivity contribution in [3.05, 3.63) is 0 Å². The number of carbonyl (C=O) groups is 2. The van der Waals surface area contributed by atoms with Gasteiger partial charge in [0, 0.05) is 60.8 Å². The maximum Gasteiger partial charge on any atom is 0.305 e. The zero-order chi connectivity index (χ0) is 29.8. The third-order valence-electron chi connectivity index (χ3n) is 8.81. The highest BCUT2D eigenvalue weighted by molar-refractivity contribution is 5.88. The number of likely N-dealkylation sites (tertiary alicyclic amines) is 1. The first-order valence-electron chi connectivity index (χ1n) is 14.7. The first kappa shape index (κ1) is 32.3. The summed E-state index contributed by atoms with van der Waals surface area (Å²) in [5.41, 5.74) is -3.28. The van der Waals surface area contributed by atoms with Gasteiger partial charge in [-0.15, -0.1) is 0 Å². The fourth-order valence-electron chi connectivity index (χ4n) is 8.05. The van der Waals surface area contributed by atoms with Gasteiger partial charge in [0.05, 0.1) is 19.3 Å². The Morgan fingerprint density at radius 2 is 1.44 bits per heavy atom.